The first-order chi connectivity index (χ1) is 8.02. The van der Waals surface area contributed by atoms with Crippen LogP contribution in [0, 0.1) is 0 Å². The molecule has 0 aromatic heterocycles. The van der Waals surface area contributed by atoms with Crippen molar-refractivity contribution in [1.82, 2.24) is 5.32 Å². The number of rotatable bonds is 4. The van der Waals surface area contributed by atoms with Gasteiger partial charge in [-0.2, -0.15) is 0 Å². The van der Waals surface area contributed by atoms with Crippen LogP contribution < -0.4 is 14.8 Å². The second kappa shape index (κ2) is 4.75. The number of ether oxygens (including phenoxy) is 2. The first kappa shape index (κ1) is 12.5. The summed E-state index contributed by atoms with van der Waals surface area (Å²) < 4.78 is 10.6. The van der Waals surface area contributed by atoms with Gasteiger partial charge in [0, 0.05) is 12.1 Å². The van der Waals surface area contributed by atoms with E-state index < -0.39 is 0 Å². The third-order valence-corrected chi connectivity index (χ3v) is 3.42. The summed E-state index contributed by atoms with van der Waals surface area (Å²) in [5.41, 5.74) is 1.24. The van der Waals surface area contributed by atoms with Gasteiger partial charge < -0.3 is 14.8 Å². The van der Waals surface area contributed by atoms with Crippen molar-refractivity contribution in [3.05, 3.63) is 22.7 Å². The van der Waals surface area contributed by atoms with E-state index in [0.29, 0.717) is 10.8 Å². The highest BCUT2D eigenvalue weighted by atomic mass is 35.5. The average molecular weight is 256 g/mol. The fourth-order valence-corrected chi connectivity index (χ4v) is 1.88. The summed E-state index contributed by atoms with van der Waals surface area (Å²) in [5, 5.41) is 4.11. The average Bonchev–Trinajstić information content (AvgIpc) is 2.75. The Bertz CT molecular complexity index is 418. The minimum atomic E-state index is 0.128. The number of fused-ring (bicyclic) bond motifs is 1. The molecule has 0 amide bonds. The van der Waals surface area contributed by atoms with Crippen LogP contribution in [-0.2, 0) is 6.54 Å². The molecule has 0 unspecified atom stereocenters. The second-order valence-corrected chi connectivity index (χ2v) is 5.31. The molecule has 0 bridgehead atoms. The van der Waals surface area contributed by atoms with Gasteiger partial charge in [0.25, 0.3) is 0 Å². The quantitative estimate of drug-likeness (QED) is 0.895. The summed E-state index contributed by atoms with van der Waals surface area (Å²) in [6.45, 7) is 7.56. The fraction of sp³-hybridized carbons (Fsp3) is 0.538. The molecule has 1 aliphatic heterocycles. The van der Waals surface area contributed by atoms with Crippen molar-refractivity contribution in [3.8, 4) is 11.5 Å². The summed E-state index contributed by atoms with van der Waals surface area (Å²) in [6, 6.07) is 3.90. The minimum absolute atomic E-state index is 0.128. The minimum Gasteiger partial charge on any atom is -0.454 e. The monoisotopic (exact) mass is 255 g/mol. The Morgan fingerprint density at radius 2 is 2.12 bits per heavy atom. The van der Waals surface area contributed by atoms with Gasteiger partial charge in [-0.1, -0.05) is 18.5 Å². The van der Waals surface area contributed by atoms with Gasteiger partial charge >= 0.3 is 0 Å². The molecule has 2 rings (SSSR count). The molecule has 0 fully saturated rings. The summed E-state index contributed by atoms with van der Waals surface area (Å²) >= 11 is 6.13. The van der Waals surface area contributed by atoms with Crippen molar-refractivity contribution in [3.63, 3.8) is 0 Å². The van der Waals surface area contributed by atoms with Crippen LogP contribution in [-0.4, -0.2) is 12.3 Å². The molecular formula is C13H18ClNO2. The van der Waals surface area contributed by atoms with Gasteiger partial charge in [0.2, 0.25) is 6.79 Å². The molecule has 0 aliphatic carbocycles. The van der Waals surface area contributed by atoms with E-state index in [2.05, 4.69) is 26.1 Å². The molecular weight excluding hydrogens is 238 g/mol. The molecule has 94 valence electrons. The SMILES string of the molecule is CCC(C)(C)NCc1cc(Cl)c2c(c1)OCO2. The number of hydrogen-bond acceptors (Lipinski definition) is 3. The zero-order valence-corrected chi connectivity index (χ0v) is 11.2. The first-order valence-corrected chi connectivity index (χ1v) is 6.23. The molecule has 1 aromatic carbocycles. The highest BCUT2D eigenvalue weighted by Crippen LogP contribution is 2.39. The highest BCUT2D eigenvalue weighted by molar-refractivity contribution is 6.32. The van der Waals surface area contributed by atoms with E-state index in [1.807, 2.05) is 12.1 Å². The third kappa shape index (κ3) is 2.85. The van der Waals surface area contributed by atoms with Gasteiger partial charge in [0.1, 0.15) is 0 Å². The molecule has 0 atom stereocenters. The first-order valence-electron chi connectivity index (χ1n) is 5.85. The standard InChI is InChI=1S/C13H18ClNO2/c1-4-13(2,3)15-7-9-5-10(14)12-11(6-9)16-8-17-12/h5-6,15H,4,7-8H2,1-3H3. The van der Waals surface area contributed by atoms with Crippen molar-refractivity contribution < 1.29 is 9.47 Å². The number of benzene rings is 1. The van der Waals surface area contributed by atoms with E-state index in [4.69, 9.17) is 21.1 Å². The van der Waals surface area contributed by atoms with Crippen LogP contribution in [0.4, 0.5) is 0 Å². The highest BCUT2D eigenvalue weighted by Gasteiger charge is 2.19. The Morgan fingerprint density at radius 1 is 1.35 bits per heavy atom. The van der Waals surface area contributed by atoms with Crippen molar-refractivity contribution in [2.45, 2.75) is 39.3 Å². The lowest BCUT2D eigenvalue weighted by Crippen LogP contribution is -2.37. The Balaban J connectivity index is 2.10. The molecule has 1 N–H and O–H groups in total. The lowest BCUT2D eigenvalue weighted by atomic mass is 10.0. The van der Waals surface area contributed by atoms with Crippen LogP contribution in [0.2, 0.25) is 5.02 Å². The Hall–Kier alpha value is -0.930. The van der Waals surface area contributed by atoms with Crippen molar-refractivity contribution in [2.24, 2.45) is 0 Å². The van der Waals surface area contributed by atoms with E-state index in [1.54, 1.807) is 0 Å². The Labute approximate surface area is 107 Å². The maximum absolute atomic E-state index is 6.13. The summed E-state index contributed by atoms with van der Waals surface area (Å²) in [4.78, 5) is 0. The Kier molecular flexibility index (Phi) is 3.50. The molecule has 3 nitrogen and oxygen atoms in total. The van der Waals surface area contributed by atoms with Gasteiger partial charge in [-0.3, -0.25) is 0 Å². The topological polar surface area (TPSA) is 30.5 Å². The molecule has 1 heterocycles. The molecule has 4 heteroatoms. The number of hydrogen-bond donors (Lipinski definition) is 1. The van der Waals surface area contributed by atoms with Crippen LogP contribution in [0.3, 0.4) is 0 Å². The van der Waals surface area contributed by atoms with E-state index in [9.17, 15) is 0 Å². The molecule has 0 radical (unpaired) electrons. The molecule has 17 heavy (non-hydrogen) atoms. The van der Waals surface area contributed by atoms with Crippen molar-refractivity contribution >= 4 is 11.6 Å². The van der Waals surface area contributed by atoms with Crippen LogP contribution in [0.25, 0.3) is 0 Å². The van der Waals surface area contributed by atoms with Crippen LogP contribution >= 0.6 is 11.6 Å². The lowest BCUT2D eigenvalue weighted by molar-refractivity contribution is 0.174. The Morgan fingerprint density at radius 3 is 2.82 bits per heavy atom. The van der Waals surface area contributed by atoms with Crippen LogP contribution in [0.5, 0.6) is 11.5 Å². The van der Waals surface area contributed by atoms with E-state index in [1.165, 1.54) is 0 Å². The lowest BCUT2D eigenvalue weighted by Gasteiger charge is -2.24. The smallest absolute Gasteiger partial charge is 0.231 e. The fourth-order valence-electron chi connectivity index (χ4n) is 1.59. The largest absolute Gasteiger partial charge is 0.454 e. The molecule has 1 aliphatic rings. The number of halogens is 1. The summed E-state index contributed by atoms with van der Waals surface area (Å²) in [6.07, 6.45) is 1.07. The van der Waals surface area contributed by atoms with Gasteiger partial charge in [-0.05, 0) is 38.0 Å². The van der Waals surface area contributed by atoms with Gasteiger partial charge in [0.15, 0.2) is 11.5 Å². The summed E-state index contributed by atoms with van der Waals surface area (Å²) in [7, 11) is 0. The van der Waals surface area contributed by atoms with Gasteiger partial charge in [0.05, 0.1) is 5.02 Å². The van der Waals surface area contributed by atoms with E-state index in [-0.39, 0.29) is 12.3 Å². The zero-order valence-electron chi connectivity index (χ0n) is 10.5. The second-order valence-electron chi connectivity index (χ2n) is 4.90. The zero-order chi connectivity index (χ0) is 12.5. The van der Waals surface area contributed by atoms with Crippen molar-refractivity contribution in [1.29, 1.82) is 0 Å². The molecule has 1 aromatic rings. The number of nitrogens with one attached hydrogen (secondary N) is 1. The maximum Gasteiger partial charge on any atom is 0.231 e. The van der Waals surface area contributed by atoms with Crippen molar-refractivity contribution in [2.75, 3.05) is 6.79 Å². The molecule has 0 saturated carbocycles. The predicted octanol–water partition coefficient (Wildman–Crippen LogP) is 3.35. The molecule has 0 spiro atoms. The van der Waals surface area contributed by atoms with Crippen LogP contribution in [0.15, 0.2) is 12.1 Å². The van der Waals surface area contributed by atoms with Crippen LogP contribution in [0.1, 0.15) is 32.8 Å². The third-order valence-electron chi connectivity index (χ3n) is 3.14. The normalized spacial score (nSPS) is 14.1. The summed E-state index contributed by atoms with van der Waals surface area (Å²) in [5.74, 6) is 1.40. The van der Waals surface area contributed by atoms with Gasteiger partial charge in [-0.25, -0.2) is 0 Å². The van der Waals surface area contributed by atoms with Gasteiger partial charge in [-0.15, -0.1) is 0 Å². The maximum atomic E-state index is 6.13. The van der Waals surface area contributed by atoms with E-state index in [0.717, 1.165) is 24.3 Å². The van der Waals surface area contributed by atoms with E-state index >= 15 is 0 Å². The molecule has 0 saturated heterocycles. The predicted molar refractivity (Wildman–Crippen MR) is 68.8 cm³/mol.